The molecule has 1 aromatic carbocycles. The lowest BCUT2D eigenvalue weighted by molar-refractivity contribution is 0.100. The van der Waals surface area contributed by atoms with Gasteiger partial charge in [0.2, 0.25) is 5.88 Å². The molecule has 0 spiro atoms. The first-order chi connectivity index (χ1) is 14.1. The van der Waals surface area contributed by atoms with Gasteiger partial charge < -0.3 is 14.2 Å². The molecule has 29 heavy (non-hydrogen) atoms. The van der Waals surface area contributed by atoms with E-state index in [1.165, 1.54) is 23.0 Å². The Hall–Kier alpha value is -3.59. The highest BCUT2D eigenvalue weighted by atomic mass is 16.5. The minimum atomic E-state index is -0.874. The molecule has 3 aromatic rings. The number of hydrogen-bond acceptors (Lipinski definition) is 7. The fourth-order valence-electron chi connectivity index (χ4n) is 2.59. The Morgan fingerprint density at radius 2 is 1.97 bits per heavy atom. The van der Waals surface area contributed by atoms with Crippen LogP contribution in [0.1, 0.15) is 21.5 Å². The molecule has 0 aliphatic rings. The Bertz CT molecular complexity index is 1000. The second-order valence-electron chi connectivity index (χ2n) is 6.12. The number of nitroso groups, excluding NO2 is 1. The number of carbonyl (C=O) groups is 1. The maximum Gasteiger partial charge on any atom is 0.316 e. The first-order valence-corrected chi connectivity index (χ1v) is 8.84. The maximum atomic E-state index is 11.5. The number of rotatable bonds is 9. The van der Waals surface area contributed by atoms with Crippen molar-refractivity contribution in [3.05, 3.63) is 70.4 Å². The van der Waals surface area contributed by atoms with Crippen molar-refractivity contribution in [1.82, 2.24) is 14.8 Å². The Balaban J connectivity index is 1.78. The van der Waals surface area contributed by atoms with Crippen molar-refractivity contribution < 1.29 is 19.0 Å². The van der Waals surface area contributed by atoms with Crippen LogP contribution >= 0.6 is 0 Å². The molecule has 1 amide bonds. The number of ether oxygens (including phenoxy) is 3. The van der Waals surface area contributed by atoms with Gasteiger partial charge >= 0.3 is 5.91 Å². The van der Waals surface area contributed by atoms with Crippen LogP contribution in [0.3, 0.4) is 0 Å². The number of benzene rings is 1. The minimum absolute atomic E-state index is 0.124. The molecule has 3 rings (SSSR count). The average molecular weight is 396 g/mol. The summed E-state index contributed by atoms with van der Waals surface area (Å²) in [5, 5.41) is 6.61. The summed E-state index contributed by atoms with van der Waals surface area (Å²) in [4.78, 5) is 26.2. The van der Waals surface area contributed by atoms with E-state index in [1.807, 2.05) is 25.1 Å². The second kappa shape index (κ2) is 9.56. The van der Waals surface area contributed by atoms with Crippen LogP contribution in [0.5, 0.6) is 11.6 Å². The maximum absolute atomic E-state index is 11.5. The number of amides is 1. The van der Waals surface area contributed by atoms with Gasteiger partial charge in [0.15, 0.2) is 5.82 Å². The molecule has 0 N–H and O–H groups in total. The molecule has 0 aliphatic carbocycles. The van der Waals surface area contributed by atoms with E-state index in [2.05, 4.69) is 15.3 Å². The Kier molecular flexibility index (Phi) is 6.64. The van der Waals surface area contributed by atoms with Crippen LogP contribution in [0.4, 0.5) is 0 Å². The van der Waals surface area contributed by atoms with E-state index in [1.54, 1.807) is 19.4 Å². The zero-order chi connectivity index (χ0) is 20.6. The number of aryl methyl sites for hydroxylation is 1. The van der Waals surface area contributed by atoms with Gasteiger partial charge in [-0.05, 0) is 30.7 Å². The van der Waals surface area contributed by atoms with E-state index in [0.717, 1.165) is 16.9 Å². The van der Waals surface area contributed by atoms with Crippen LogP contribution in [0.15, 0.2) is 54.0 Å². The van der Waals surface area contributed by atoms with Gasteiger partial charge in [0.25, 0.3) is 0 Å². The van der Waals surface area contributed by atoms with Crippen molar-refractivity contribution in [3.63, 3.8) is 0 Å². The highest BCUT2D eigenvalue weighted by Crippen LogP contribution is 2.24. The largest absolute Gasteiger partial charge is 0.491 e. The predicted molar refractivity (Wildman–Crippen MR) is 104 cm³/mol. The lowest BCUT2D eigenvalue weighted by Gasteiger charge is -2.14. The van der Waals surface area contributed by atoms with E-state index in [9.17, 15) is 9.70 Å². The SMILES string of the molecule is COCCOc1cc(C)ccc1COc1ccnn1-c1cc(C(=O)N=O)ccn1. The molecule has 0 saturated heterocycles. The van der Waals surface area contributed by atoms with Gasteiger partial charge in [-0.3, -0.25) is 4.79 Å². The predicted octanol–water partition coefficient (Wildman–Crippen LogP) is 3.09. The summed E-state index contributed by atoms with van der Waals surface area (Å²) in [5.74, 6) is 0.598. The van der Waals surface area contributed by atoms with Gasteiger partial charge in [0, 0.05) is 30.1 Å². The van der Waals surface area contributed by atoms with Gasteiger partial charge in [-0.25, -0.2) is 4.98 Å². The monoisotopic (exact) mass is 396 g/mol. The molecule has 0 saturated carbocycles. The minimum Gasteiger partial charge on any atom is -0.491 e. The van der Waals surface area contributed by atoms with Crippen LogP contribution < -0.4 is 9.47 Å². The first kappa shape index (κ1) is 20.2. The number of aromatic nitrogens is 3. The summed E-state index contributed by atoms with van der Waals surface area (Å²) in [6.07, 6.45) is 2.95. The summed E-state index contributed by atoms with van der Waals surface area (Å²) >= 11 is 0. The van der Waals surface area contributed by atoms with Gasteiger partial charge in [0.1, 0.15) is 19.0 Å². The molecule has 9 heteroatoms. The first-order valence-electron chi connectivity index (χ1n) is 8.84. The van der Waals surface area contributed by atoms with Crippen molar-refractivity contribution in [2.75, 3.05) is 20.3 Å². The molecule has 2 heterocycles. The third-order valence-corrected chi connectivity index (χ3v) is 4.04. The number of carbonyl (C=O) groups excluding carboxylic acids is 1. The molecular formula is C20H20N4O5. The number of methoxy groups -OCH3 is 1. The molecule has 0 atom stereocenters. The fraction of sp³-hybridized carbons (Fsp3) is 0.250. The average Bonchev–Trinajstić information content (AvgIpc) is 3.21. The van der Waals surface area contributed by atoms with Crippen molar-refractivity contribution in [2.45, 2.75) is 13.5 Å². The van der Waals surface area contributed by atoms with Crippen LogP contribution in [0.25, 0.3) is 5.82 Å². The summed E-state index contributed by atoms with van der Waals surface area (Å²) in [6.45, 7) is 3.14. The van der Waals surface area contributed by atoms with E-state index in [4.69, 9.17) is 14.2 Å². The molecular weight excluding hydrogens is 376 g/mol. The molecule has 0 radical (unpaired) electrons. The number of pyridine rings is 1. The standard InChI is InChI=1S/C20H20N4O5/c1-14-3-4-16(17(11-14)28-10-9-27-2)13-29-19-6-8-22-24(19)18-12-15(5-7-21-18)20(25)23-26/h3-8,11-12H,9-10,13H2,1-2H3. The summed E-state index contributed by atoms with van der Waals surface area (Å²) in [6, 6.07) is 10.4. The van der Waals surface area contributed by atoms with Crippen LogP contribution in [0, 0.1) is 11.8 Å². The summed E-state index contributed by atoms with van der Waals surface area (Å²) in [5.41, 5.74) is 2.06. The zero-order valence-corrected chi connectivity index (χ0v) is 16.1. The fourth-order valence-corrected chi connectivity index (χ4v) is 2.59. The quantitative estimate of drug-likeness (QED) is 0.404. The van der Waals surface area contributed by atoms with E-state index in [0.29, 0.717) is 24.9 Å². The number of hydrogen-bond donors (Lipinski definition) is 0. The van der Waals surface area contributed by atoms with Crippen molar-refractivity contribution in [3.8, 4) is 17.4 Å². The third-order valence-electron chi connectivity index (χ3n) is 4.04. The van der Waals surface area contributed by atoms with E-state index >= 15 is 0 Å². The smallest absolute Gasteiger partial charge is 0.316 e. The third kappa shape index (κ3) is 5.02. The lowest BCUT2D eigenvalue weighted by Crippen LogP contribution is -2.09. The van der Waals surface area contributed by atoms with Gasteiger partial charge in [-0.1, -0.05) is 12.1 Å². The summed E-state index contributed by atoms with van der Waals surface area (Å²) in [7, 11) is 1.62. The summed E-state index contributed by atoms with van der Waals surface area (Å²) < 4.78 is 18.1. The molecule has 0 unspecified atom stereocenters. The van der Waals surface area contributed by atoms with Crippen molar-refractivity contribution in [1.29, 1.82) is 0 Å². The zero-order valence-electron chi connectivity index (χ0n) is 16.1. The molecule has 0 aliphatic heterocycles. The van der Waals surface area contributed by atoms with Crippen LogP contribution in [0.2, 0.25) is 0 Å². The van der Waals surface area contributed by atoms with E-state index < -0.39 is 5.91 Å². The Morgan fingerprint density at radius 3 is 2.76 bits per heavy atom. The molecule has 2 aromatic heterocycles. The van der Waals surface area contributed by atoms with Gasteiger partial charge in [-0.2, -0.15) is 9.78 Å². The molecule has 0 fully saturated rings. The van der Waals surface area contributed by atoms with Gasteiger partial charge in [-0.15, -0.1) is 4.91 Å². The van der Waals surface area contributed by atoms with Gasteiger partial charge in [0.05, 0.1) is 18.4 Å². The second-order valence-corrected chi connectivity index (χ2v) is 6.12. The van der Waals surface area contributed by atoms with Crippen molar-refractivity contribution in [2.24, 2.45) is 5.18 Å². The topological polar surface area (TPSA) is 105 Å². The van der Waals surface area contributed by atoms with Crippen LogP contribution in [-0.2, 0) is 11.3 Å². The Labute approximate surface area is 167 Å². The van der Waals surface area contributed by atoms with Crippen LogP contribution in [-0.4, -0.2) is 41.0 Å². The normalized spacial score (nSPS) is 10.6. The molecule has 0 bridgehead atoms. The van der Waals surface area contributed by atoms with E-state index in [-0.39, 0.29) is 12.2 Å². The molecule has 9 nitrogen and oxygen atoms in total. The Morgan fingerprint density at radius 1 is 1.10 bits per heavy atom. The lowest BCUT2D eigenvalue weighted by atomic mass is 10.1. The highest BCUT2D eigenvalue weighted by molar-refractivity contribution is 5.95. The number of nitrogens with zero attached hydrogens (tertiary/aromatic N) is 4. The van der Waals surface area contributed by atoms with Crippen molar-refractivity contribution >= 4 is 5.91 Å². The molecule has 150 valence electrons. The highest BCUT2D eigenvalue weighted by Gasteiger charge is 2.13.